The van der Waals surface area contributed by atoms with E-state index in [0.29, 0.717) is 18.4 Å². The van der Waals surface area contributed by atoms with Gasteiger partial charge in [0.25, 0.3) is 11.8 Å². The number of hydrogen-bond donors (Lipinski definition) is 1. The molecular formula is C13H15F2NO. The van der Waals surface area contributed by atoms with Crippen LogP contribution in [0.5, 0.6) is 0 Å². The Labute approximate surface area is 99.0 Å². The Morgan fingerprint density at radius 3 is 2.59 bits per heavy atom. The minimum atomic E-state index is -2.78. The molecule has 0 saturated heterocycles. The summed E-state index contributed by atoms with van der Waals surface area (Å²) in [5.74, 6) is -3.19. The number of hydrogen-bond acceptors (Lipinski definition) is 1. The molecule has 1 N–H and O–H groups in total. The average molecular weight is 239 g/mol. The van der Waals surface area contributed by atoms with E-state index in [1.54, 1.807) is 30.3 Å². The Bertz CT molecular complexity index is 392. The van der Waals surface area contributed by atoms with E-state index in [2.05, 4.69) is 5.32 Å². The molecule has 0 bridgehead atoms. The first-order valence-corrected chi connectivity index (χ1v) is 5.83. The quantitative estimate of drug-likeness (QED) is 0.844. The van der Waals surface area contributed by atoms with Crippen molar-refractivity contribution in [2.75, 3.05) is 0 Å². The summed E-state index contributed by atoms with van der Waals surface area (Å²) in [4.78, 5) is 11.8. The number of alkyl halides is 2. The lowest BCUT2D eigenvalue weighted by molar-refractivity contribution is -0.0609. The summed E-state index contributed by atoms with van der Waals surface area (Å²) in [5.41, 5.74) is 0.425. The first-order valence-electron chi connectivity index (χ1n) is 5.83. The molecule has 0 radical (unpaired) electrons. The maximum absolute atomic E-state index is 13.5. The molecule has 0 aromatic heterocycles. The highest BCUT2D eigenvalue weighted by molar-refractivity contribution is 5.94. The van der Waals surface area contributed by atoms with Crippen molar-refractivity contribution in [2.24, 2.45) is 0 Å². The molecule has 2 nitrogen and oxygen atoms in total. The minimum absolute atomic E-state index is 0.132. The van der Waals surface area contributed by atoms with Gasteiger partial charge in [-0.15, -0.1) is 0 Å². The predicted octanol–water partition coefficient (Wildman–Crippen LogP) is 2.99. The van der Waals surface area contributed by atoms with Crippen LogP contribution in [-0.2, 0) is 0 Å². The molecular weight excluding hydrogens is 224 g/mol. The maximum Gasteiger partial charge on any atom is 0.267 e. The summed E-state index contributed by atoms with van der Waals surface area (Å²) >= 11 is 0. The van der Waals surface area contributed by atoms with Crippen LogP contribution in [0.1, 0.15) is 36.0 Å². The summed E-state index contributed by atoms with van der Waals surface area (Å²) < 4.78 is 27.1. The van der Waals surface area contributed by atoms with E-state index >= 15 is 0 Å². The molecule has 1 aliphatic rings. The molecule has 1 amide bonds. The fraction of sp³-hybridized carbons (Fsp3) is 0.462. The summed E-state index contributed by atoms with van der Waals surface area (Å²) in [6.07, 6.45) is 1.50. The Morgan fingerprint density at radius 1 is 1.24 bits per heavy atom. The van der Waals surface area contributed by atoms with Crippen molar-refractivity contribution in [2.45, 2.75) is 37.6 Å². The summed E-state index contributed by atoms with van der Waals surface area (Å²) in [6, 6.07) is 7.43. The number of carbonyl (C=O) groups excluding carboxylic acids is 1. The first-order chi connectivity index (χ1) is 8.09. The molecule has 4 heteroatoms. The van der Waals surface area contributed by atoms with Crippen molar-refractivity contribution in [3.63, 3.8) is 0 Å². The van der Waals surface area contributed by atoms with Gasteiger partial charge in [-0.25, -0.2) is 8.78 Å². The van der Waals surface area contributed by atoms with Crippen molar-refractivity contribution in [3.8, 4) is 0 Å². The maximum atomic E-state index is 13.5. The van der Waals surface area contributed by atoms with Crippen LogP contribution in [0.3, 0.4) is 0 Å². The molecule has 0 aliphatic heterocycles. The second kappa shape index (κ2) is 4.82. The zero-order valence-electron chi connectivity index (χ0n) is 9.46. The molecule has 1 aromatic rings. The highest BCUT2D eigenvalue weighted by Crippen LogP contribution is 2.33. The van der Waals surface area contributed by atoms with Crippen LogP contribution in [0.4, 0.5) is 8.78 Å². The van der Waals surface area contributed by atoms with Gasteiger partial charge in [-0.05, 0) is 25.0 Å². The van der Waals surface area contributed by atoms with Gasteiger partial charge in [-0.1, -0.05) is 24.6 Å². The molecule has 1 saturated carbocycles. The van der Waals surface area contributed by atoms with E-state index in [9.17, 15) is 13.6 Å². The fourth-order valence-corrected chi connectivity index (χ4v) is 2.10. The molecule has 92 valence electrons. The first kappa shape index (κ1) is 12.0. The Hall–Kier alpha value is -1.45. The fourth-order valence-electron chi connectivity index (χ4n) is 2.10. The van der Waals surface area contributed by atoms with Crippen molar-refractivity contribution in [1.29, 1.82) is 0 Å². The van der Waals surface area contributed by atoms with Crippen LogP contribution >= 0.6 is 0 Å². The van der Waals surface area contributed by atoms with Gasteiger partial charge in [-0.3, -0.25) is 4.79 Å². The molecule has 1 aromatic carbocycles. The topological polar surface area (TPSA) is 29.1 Å². The summed E-state index contributed by atoms with van der Waals surface area (Å²) in [5, 5.41) is 2.44. The predicted molar refractivity (Wildman–Crippen MR) is 61.1 cm³/mol. The van der Waals surface area contributed by atoms with Gasteiger partial charge in [0.1, 0.15) is 0 Å². The second-order valence-electron chi connectivity index (χ2n) is 4.40. The van der Waals surface area contributed by atoms with E-state index < -0.39 is 17.9 Å². The average Bonchev–Trinajstić information content (AvgIpc) is 2.33. The minimum Gasteiger partial charge on any atom is -0.343 e. The van der Waals surface area contributed by atoms with E-state index in [1.165, 1.54) is 0 Å². The lowest BCUT2D eigenvalue weighted by Crippen LogP contribution is -2.49. The van der Waals surface area contributed by atoms with Gasteiger partial charge in [0.2, 0.25) is 0 Å². The number of rotatable bonds is 2. The molecule has 1 aliphatic carbocycles. The standard InChI is InChI=1S/C13H15F2NO/c14-13(15)9-5-4-8-11(13)16-12(17)10-6-2-1-3-7-10/h1-3,6-7,11H,4-5,8-9H2,(H,16,17). The van der Waals surface area contributed by atoms with Crippen LogP contribution < -0.4 is 5.32 Å². The van der Waals surface area contributed by atoms with Crippen molar-refractivity contribution in [3.05, 3.63) is 35.9 Å². The van der Waals surface area contributed by atoms with Crippen molar-refractivity contribution >= 4 is 5.91 Å². The smallest absolute Gasteiger partial charge is 0.267 e. The van der Waals surface area contributed by atoms with Gasteiger partial charge >= 0.3 is 0 Å². The molecule has 1 unspecified atom stereocenters. The van der Waals surface area contributed by atoms with E-state index in [-0.39, 0.29) is 6.42 Å². The summed E-state index contributed by atoms with van der Waals surface area (Å²) in [7, 11) is 0. The molecule has 0 heterocycles. The second-order valence-corrected chi connectivity index (χ2v) is 4.40. The number of amides is 1. The van der Waals surface area contributed by atoms with Gasteiger partial charge in [0, 0.05) is 12.0 Å². The van der Waals surface area contributed by atoms with Crippen LogP contribution in [0.15, 0.2) is 30.3 Å². The van der Waals surface area contributed by atoms with Crippen LogP contribution in [0.25, 0.3) is 0 Å². The zero-order chi connectivity index (χ0) is 12.3. The van der Waals surface area contributed by atoms with Crippen LogP contribution in [0, 0.1) is 0 Å². The van der Waals surface area contributed by atoms with Crippen molar-refractivity contribution in [1.82, 2.24) is 5.32 Å². The van der Waals surface area contributed by atoms with Gasteiger partial charge in [-0.2, -0.15) is 0 Å². The molecule has 1 atom stereocenters. The van der Waals surface area contributed by atoms with E-state index in [0.717, 1.165) is 6.42 Å². The third kappa shape index (κ3) is 2.81. The van der Waals surface area contributed by atoms with Crippen LogP contribution in [0.2, 0.25) is 0 Å². The Balaban J connectivity index is 2.03. The third-order valence-electron chi connectivity index (χ3n) is 3.10. The highest BCUT2D eigenvalue weighted by atomic mass is 19.3. The Kier molecular flexibility index (Phi) is 3.41. The molecule has 0 spiro atoms. The third-order valence-corrected chi connectivity index (χ3v) is 3.10. The lowest BCUT2D eigenvalue weighted by Gasteiger charge is -2.31. The molecule has 2 rings (SSSR count). The van der Waals surface area contributed by atoms with Crippen LogP contribution in [-0.4, -0.2) is 17.9 Å². The van der Waals surface area contributed by atoms with Gasteiger partial charge < -0.3 is 5.32 Å². The summed E-state index contributed by atoms with van der Waals surface area (Å²) in [6.45, 7) is 0. The molecule has 17 heavy (non-hydrogen) atoms. The number of nitrogens with one attached hydrogen (secondary N) is 1. The van der Waals surface area contributed by atoms with E-state index in [4.69, 9.17) is 0 Å². The van der Waals surface area contributed by atoms with Gasteiger partial charge in [0.05, 0.1) is 6.04 Å². The monoisotopic (exact) mass is 239 g/mol. The lowest BCUT2D eigenvalue weighted by atomic mass is 9.91. The molecule has 1 fully saturated rings. The van der Waals surface area contributed by atoms with Gasteiger partial charge in [0.15, 0.2) is 0 Å². The SMILES string of the molecule is O=C(NC1CCCCC1(F)F)c1ccccc1. The highest BCUT2D eigenvalue weighted by Gasteiger charge is 2.42. The zero-order valence-corrected chi connectivity index (χ0v) is 9.46. The normalized spacial score (nSPS) is 23.1. The number of carbonyl (C=O) groups is 1. The number of benzene rings is 1. The van der Waals surface area contributed by atoms with E-state index in [1.807, 2.05) is 0 Å². The Morgan fingerprint density at radius 2 is 1.94 bits per heavy atom. The largest absolute Gasteiger partial charge is 0.343 e. The number of halogens is 2. The van der Waals surface area contributed by atoms with Crippen molar-refractivity contribution < 1.29 is 13.6 Å².